The standard InChI is InChI=1S/C16H19FN4O/c1-11(2)9-16(22)19-15-8-7-14(20-21-15)18-10-12-5-3-4-6-13(12)17/h3-8,11H,9-10H2,1-2H3,(H,18,20)(H,19,21,22). The van der Waals surface area contributed by atoms with E-state index in [1.54, 1.807) is 30.3 Å². The predicted molar refractivity (Wildman–Crippen MR) is 83.8 cm³/mol. The summed E-state index contributed by atoms with van der Waals surface area (Å²) in [6.45, 7) is 4.27. The summed E-state index contributed by atoms with van der Waals surface area (Å²) in [4.78, 5) is 11.6. The zero-order chi connectivity index (χ0) is 15.9. The first-order valence-corrected chi connectivity index (χ1v) is 7.15. The van der Waals surface area contributed by atoms with Gasteiger partial charge in [0.15, 0.2) is 5.82 Å². The van der Waals surface area contributed by atoms with Gasteiger partial charge in [0.1, 0.15) is 11.6 Å². The lowest BCUT2D eigenvalue weighted by atomic mass is 10.1. The Labute approximate surface area is 129 Å². The van der Waals surface area contributed by atoms with Gasteiger partial charge in [0, 0.05) is 18.5 Å². The molecule has 0 spiro atoms. The molecule has 0 fully saturated rings. The fourth-order valence-corrected chi connectivity index (χ4v) is 1.89. The van der Waals surface area contributed by atoms with Crippen molar-refractivity contribution in [3.63, 3.8) is 0 Å². The van der Waals surface area contributed by atoms with Gasteiger partial charge in [0.05, 0.1) is 0 Å². The molecule has 1 heterocycles. The minimum absolute atomic E-state index is 0.0867. The molecule has 0 bridgehead atoms. The molecule has 0 radical (unpaired) electrons. The first kappa shape index (κ1) is 15.9. The van der Waals surface area contributed by atoms with E-state index in [0.717, 1.165) is 0 Å². The van der Waals surface area contributed by atoms with E-state index in [2.05, 4.69) is 20.8 Å². The van der Waals surface area contributed by atoms with Crippen LogP contribution in [0.5, 0.6) is 0 Å². The van der Waals surface area contributed by atoms with Crippen LogP contribution in [0.3, 0.4) is 0 Å². The van der Waals surface area contributed by atoms with Gasteiger partial charge >= 0.3 is 0 Å². The molecule has 2 N–H and O–H groups in total. The number of nitrogens with one attached hydrogen (secondary N) is 2. The Kier molecular flexibility index (Phi) is 5.41. The summed E-state index contributed by atoms with van der Waals surface area (Å²) in [7, 11) is 0. The number of carbonyl (C=O) groups is 1. The number of carbonyl (C=O) groups excluding carboxylic acids is 1. The van der Waals surface area contributed by atoms with E-state index in [-0.39, 0.29) is 17.6 Å². The van der Waals surface area contributed by atoms with Crippen molar-refractivity contribution in [2.75, 3.05) is 10.6 Å². The molecular weight excluding hydrogens is 283 g/mol. The highest BCUT2D eigenvalue weighted by Crippen LogP contribution is 2.11. The van der Waals surface area contributed by atoms with Crippen LogP contribution in [0.25, 0.3) is 0 Å². The molecule has 1 aromatic carbocycles. The summed E-state index contributed by atoms with van der Waals surface area (Å²) in [6.07, 6.45) is 0.439. The van der Waals surface area contributed by atoms with E-state index in [0.29, 0.717) is 30.2 Å². The normalized spacial score (nSPS) is 10.5. The number of hydrogen-bond acceptors (Lipinski definition) is 4. The van der Waals surface area contributed by atoms with Crippen molar-refractivity contribution in [3.05, 3.63) is 47.8 Å². The van der Waals surface area contributed by atoms with Gasteiger partial charge in [-0.15, -0.1) is 10.2 Å². The van der Waals surface area contributed by atoms with Gasteiger partial charge in [-0.1, -0.05) is 32.0 Å². The van der Waals surface area contributed by atoms with Crippen molar-refractivity contribution >= 4 is 17.5 Å². The van der Waals surface area contributed by atoms with Crippen molar-refractivity contribution in [2.24, 2.45) is 5.92 Å². The van der Waals surface area contributed by atoms with E-state index in [1.165, 1.54) is 6.07 Å². The average Bonchev–Trinajstić information content (AvgIpc) is 2.47. The Morgan fingerprint density at radius 2 is 1.82 bits per heavy atom. The summed E-state index contributed by atoms with van der Waals surface area (Å²) in [5.41, 5.74) is 0.554. The number of benzene rings is 1. The Balaban J connectivity index is 1.89. The van der Waals surface area contributed by atoms with E-state index in [4.69, 9.17) is 0 Å². The van der Waals surface area contributed by atoms with Crippen LogP contribution in [0.2, 0.25) is 0 Å². The highest BCUT2D eigenvalue weighted by atomic mass is 19.1. The summed E-state index contributed by atoms with van der Waals surface area (Å²) in [5, 5.41) is 13.6. The Bertz CT molecular complexity index is 628. The van der Waals surface area contributed by atoms with Crippen LogP contribution in [-0.4, -0.2) is 16.1 Å². The Morgan fingerprint density at radius 3 is 2.45 bits per heavy atom. The second-order valence-electron chi connectivity index (χ2n) is 5.39. The van der Waals surface area contributed by atoms with Crippen molar-refractivity contribution in [2.45, 2.75) is 26.8 Å². The maximum absolute atomic E-state index is 13.5. The largest absolute Gasteiger partial charge is 0.364 e. The average molecular weight is 302 g/mol. The molecule has 1 aromatic heterocycles. The molecule has 116 valence electrons. The van der Waals surface area contributed by atoms with Crippen LogP contribution < -0.4 is 10.6 Å². The Hall–Kier alpha value is -2.50. The van der Waals surface area contributed by atoms with E-state index in [1.807, 2.05) is 13.8 Å². The second kappa shape index (κ2) is 7.49. The van der Waals surface area contributed by atoms with Crippen LogP contribution in [0.4, 0.5) is 16.0 Å². The topological polar surface area (TPSA) is 66.9 Å². The lowest BCUT2D eigenvalue weighted by Gasteiger charge is -2.08. The maximum Gasteiger partial charge on any atom is 0.225 e. The quantitative estimate of drug-likeness (QED) is 0.860. The van der Waals surface area contributed by atoms with Crippen LogP contribution in [0, 0.1) is 11.7 Å². The maximum atomic E-state index is 13.5. The predicted octanol–water partition coefficient (Wildman–Crippen LogP) is 3.21. The van der Waals surface area contributed by atoms with Crippen molar-refractivity contribution in [1.29, 1.82) is 0 Å². The minimum atomic E-state index is -0.263. The first-order chi connectivity index (χ1) is 10.5. The highest BCUT2D eigenvalue weighted by molar-refractivity contribution is 5.89. The van der Waals surface area contributed by atoms with E-state index < -0.39 is 0 Å². The molecule has 0 saturated carbocycles. The molecule has 22 heavy (non-hydrogen) atoms. The molecule has 2 aromatic rings. The summed E-state index contributed by atoms with van der Waals surface area (Å²) >= 11 is 0. The van der Waals surface area contributed by atoms with Gasteiger partial charge in [-0.05, 0) is 24.1 Å². The summed E-state index contributed by atoms with van der Waals surface area (Å²) in [5.74, 6) is 0.860. The van der Waals surface area contributed by atoms with Gasteiger partial charge in [-0.25, -0.2) is 4.39 Å². The third-order valence-corrected chi connectivity index (χ3v) is 2.94. The molecule has 0 aliphatic carbocycles. The van der Waals surface area contributed by atoms with Crippen molar-refractivity contribution in [1.82, 2.24) is 10.2 Å². The number of halogens is 1. The molecule has 1 amide bonds. The zero-order valence-electron chi connectivity index (χ0n) is 12.6. The lowest BCUT2D eigenvalue weighted by Crippen LogP contribution is -2.15. The van der Waals surface area contributed by atoms with Crippen LogP contribution in [-0.2, 0) is 11.3 Å². The molecule has 5 nitrogen and oxygen atoms in total. The van der Waals surface area contributed by atoms with Gasteiger partial charge in [-0.2, -0.15) is 0 Å². The van der Waals surface area contributed by atoms with Crippen molar-refractivity contribution in [3.8, 4) is 0 Å². The van der Waals surface area contributed by atoms with Crippen molar-refractivity contribution < 1.29 is 9.18 Å². The van der Waals surface area contributed by atoms with Crippen LogP contribution >= 0.6 is 0 Å². The SMILES string of the molecule is CC(C)CC(=O)Nc1ccc(NCc2ccccc2F)nn1. The van der Waals surface area contributed by atoms with E-state index >= 15 is 0 Å². The smallest absolute Gasteiger partial charge is 0.225 e. The number of anilines is 2. The van der Waals surface area contributed by atoms with E-state index in [9.17, 15) is 9.18 Å². The van der Waals surface area contributed by atoms with Gasteiger partial charge in [0.25, 0.3) is 0 Å². The van der Waals surface area contributed by atoms with Gasteiger partial charge in [0.2, 0.25) is 5.91 Å². The first-order valence-electron chi connectivity index (χ1n) is 7.15. The number of rotatable bonds is 6. The zero-order valence-corrected chi connectivity index (χ0v) is 12.6. The molecule has 6 heteroatoms. The minimum Gasteiger partial charge on any atom is -0.364 e. The third-order valence-electron chi connectivity index (χ3n) is 2.94. The molecule has 0 aliphatic rings. The molecule has 0 aliphatic heterocycles. The monoisotopic (exact) mass is 302 g/mol. The third kappa shape index (κ3) is 4.80. The number of hydrogen-bond donors (Lipinski definition) is 2. The molecule has 0 saturated heterocycles. The fraction of sp³-hybridized carbons (Fsp3) is 0.312. The van der Waals surface area contributed by atoms with Crippen LogP contribution in [0.1, 0.15) is 25.8 Å². The molecule has 0 atom stereocenters. The molecule has 0 unspecified atom stereocenters. The van der Waals surface area contributed by atoms with Gasteiger partial charge in [-0.3, -0.25) is 4.79 Å². The fourth-order valence-electron chi connectivity index (χ4n) is 1.89. The van der Waals surface area contributed by atoms with Gasteiger partial charge < -0.3 is 10.6 Å². The second-order valence-corrected chi connectivity index (χ2v) is 5.39. The molecule has 2 rings (SSSR count). The highest BCUT2D eigenvalue weighted by Gasteiger charge is 2.07. The summed E-state index contributed by atoms with van der Waals surface area (Å²) in [6, 6.07) is 9.90. The Morgan fingerprint density at radius 1 is 1.14 bits per heavy atom. The van der Waals surface area contributed by atoms with Crippen LogP contribution in [0.15, 0.2) is 36.4 Å². The number of aromatic nitrogens is 2. The lowest BCUT2D eigenvalue weighted by molar-refractivity contribution is -0.116. The number of nitrogens with zero attached hydrogens (tertiary/aromatic N) is 2. The number of amides is 1. The summed E-state index contributed by atoms with van der Waals surface area (Å²) < 4.78 is 13.5. The molecular formula is C16H19FN4O.